The second-order valence-corrected chi connectivity index (χ2v) is 3.92. The van der Waals surface area contributed by atoms with Crippen molar-refractivity contribution in [1.82, 2.24) is 10.2 Å². The number of nitrogens with one attached hydrogen (secondary N) is 1. The predicted molar refractivity (Wildman–Crippen MR) is 51.9 cm³/mol. The summed E-state index contributed by atoms with van der Waals surface area (Å²) in [5, 5.41) is 13.1. The maximum Gasteiger partial charge on any atom is 0.225 e. The molecule has 1 heterocycles. The highest BCUT2D eigenvalue weighted by Crippen LogP contribution is 2.13. The molecule has 1 rings (SSSR count). The Labute approximate surface area is 84.0 Å². The van der Waals surface area contributed by atoms with E-state index >= 15 is 0 Å². The first kappa shape index (κ1) is 11.4. The molecule has 0 saturated carbocycles. The van der Waals surface area contributed by atoms with Crippen LogP contribution in [0.5, 0.6) is 0 Å². The number of ether oxygens (including phenoxy) is 1. The number of nitrogens with zero attached hydrogens (tertiary/aromatic N) is 1. The Kier molecular flexibility index (Phi) is 3.86. The summed E-state index contributed by atoms with van der Waals surface area (Å²) in [4.78, 5) is 12.9. The summed E-state index contributed by atoms with van der Waals surface area (Å²) in [6.45, 7) is 1.93. The molecule has 1 amide bonds. The van der Waals surface area contributed by atoms with Crippen molar-refractivity contribution in [2.24, 2.45) is 0 Å². The number of amides is 1. The summed E-state index contributed by atoms with van der Waals surface area (Å²) in [6.07, 6.45) is 0.104. The molecule has 1 atom stereocenters. The Morgan fingerprint density at radius 2 is 2.36 bits per heavy atom. The van der Waals surface area contributed by atoms with Gasteiger partial charge in [-0.25, -0.2) is 0 Å². The molecule has 0 bridgehead atoms. The number of β-amino-alcohol motifs (C(OH)–C–C–N with tert-alkyl or cyclic N) is 1. The van der Waals surface area contributed by atoms with Crippen LogP contribution in [0.25, 0.3) is 0 Å². The van der Waals surface area contributed by atoms with E-state index < -0.39 is 5.60 Å². The summed E-state index contributed by atoms with van der Waals surface area (Å²) in [7, 11) is 3.35. The molecule has 1 aliphatic heterocycles. The van der Waals surface area contributed by atoms with Crippen LogP contribution in [0.3, 0.4) is 0 Å². The van der Waals surface area contributed by atoms with Crippen molar-refractivity contribution in [3.63, 3.8) is 0 Å². The van der Waals surface area contributed by atoms with E-state index in [0.29, 0.717) is 13.2 Å². The second kappa shape index (κ2) is 4.72. The first-order chi connectivity index (χ1) is 6.53. The van der Waals surface area contributed by atoms with Gasteiger partial charge in [-0.3, -0.25) is 4.79 Å². The molecule has 2 N–H and O–H groups in total. The average molecular weight is 202 g/mol. The summed E-state index contributed by atoms with van der Waals surface area (Å²) in [5.41, 5.74) is -1.06. The Hall–Kier alpha value is -0.650. The third kappa shape index (κ3) is 3.25. The highest BCUT2D eigenvalue weighted by molar-refractivity contribution is 5.76. The number of hydrogen-bond donors (Lipinski definition) is 2. The quantitative estimate of drug-likeness (QED) is 0.591. The molecule has 0 aliphatic carbocycles. The van der Waals surface area contributed by atoms with Crippen molar-refractivity contribution in [2.75, 3.05) is 40.4 Å². The van der Waals surface area contributed by atoms with Crippen molar-refractivity contribution in [3.05, 3.63) is 0 Å². The molecule has 0 spiro atoms. The molecule has 0 aromatic heterocycles. The third-order valence-corrected chi connectivity index (χ3v) is 2.23. The lowest BCUT2D eigenvalue weighted by Crippen LogP contribution is -2.46. The summed E-state index contributed by atoms with van der Waals surface area (Å²) in [6, 6.07) is 0. The van der Waals surface area contributed by atoms with Crippen molar-refractivity contribution in [1.29, 1.82) is 0 Å². The zero-order valence-electron chi connectivity index (χ0n) is 8.75. The number of rotatable bonds is 2. The zero-order valence-corrected chi connectivity index (χ0v) is 8.75. The lowest BCUT2D eigenvalue weighted by atomic mass is 10.0. The number of carbonyl (C=O) groups is 1. The van der Waals surface area contributed by atoms with Gasteiger partial charge < -0.3 is 20.1 Å². The summed E-state index contributed by atoms with van der Waals surface area (Å²) in [5.74, 6) is -0.0835. The monoisotopic (exact) mass is 202 g/mol. The fourth-order valence-electron chi connectivity index (χ4n) is 1.33. The molecule has 14 heavy (non-hydrogen) atoms. The van der Waals surface area contributed by atoms with E-state index in [1.807, 2.05) is 0 Å². The molecule has 1 unspecified atom stereocenters. The van der Waals surface area contributed by atoms with Gasteiger partial charge in [0.05, 0.1) is 19.6 Å². The minimum Gasteiger partial charge on any atom is -0.386 e. The van der Waals surface area contributed by atoms with Crippen molar-refractivity contribution < 1.29 is 14.6 Å². The van der Waals surface area contributed by atoms with Crippen LogP contribution < -0.4 is 5.32 Å². The Morgan fingerprint density at radius 1 is 1.64 bits per heavy atom. The van der Waals surface area contributed by atoms with E-state index in [-0.39, 0.29) is 18.9 Å². The minimum absolute atomic E-state index is 0.0835. The molecule has 0 aromatic rings. The van der Waals surface area contributed by atoms with Crippen LogP contribution in [0, 0.1) is 0 Å². The van der Waals surface area contributed by atoms with Crippen LogP contribution in [0.4, 0.5) is 0 Å². The Balaban J connectivity index is 2.50. The Bertz CT molecular complexity index is 198. The molecule has 5 nitrogen and oxygen atoms in total. The number of hydrogen-bond acceptors (Lipinski definition) is 4. The highest BCUT2D eigenvalue weighted by atomic mass is 16.5. The van der Waals surface area contributed by atoms with Gasteiger partial charge in [0.15, 0.2) is 0 Å². The highest BCUT2D eigenvalue weighted by Gasteiger charge is 2.32. The van der Waals surface area contributed by atoms with E-state index in [0.717, 1.165) is 6.54 Å². The smallest absolute Gasteiger partial charge is 0.225 e. The van der Waals surface area contributed by atoms with Gasteiger partial charge in [-0.1, -0.05) is 0 Å². The van der Waals surface area contributed by atoms with Gasteiger partial charge in [-0.2, -0.15) is 0 Å². The van der Waals surface area contributed by atoms with Gasteiger partial charge in [0.2, 0.25) is 5.91 Å². The number of carbonyl (C=O) groups excluding carboxylic acids is 1. The SMILES string of the molecule is CN(C)C(=O)CC1(O)CNCCOC1. The average Bonchev–Trinajstić information content (AvgIpc) is 2.30. The normalized spacial score (nSPS) is 28.2. The van der Waals surface area contributed by atoms with E-state index in [4.69, 9.17) is 4.74 Å². The van der Waals surface area contributed by atoms with Crippen LogP contribution in [0.2, 0.25) is 0 Å². The van der Waals surface area contributed by atoms with E-state index in [2.05, 4.69) is 5.32 Å². The predicted octanol–water partition coefficient (Wildman–Crippen LogP) is -1.18. The van der Waals surface area contributed by atoms with E-state index in [1.54, 1.807) is 14.1 Å². The van der Waals surface area contributed by atoms with Gasteiger partial charge in [0.25, 0.3) is 0 Å². The van der Waals surface area contributed by atoms with Gasteiger partial charge >= 0.3 is 0 Å². The molecule has 5 heteroatoms. The summed E-state index contributed by atoms with van der Waals surface area (Å²) < 4.78 is 5.21. The second-order valence-electron chi connectivity index (χ2n) is 3.92. The molecule has 1 saturated heterocycles. The fourth-order valence-corrected chi connectivity index (χ4v) is 1.33. The van der Waals surface area contributed by atoms with Crippen LogP contribution >= 0.6 is 0 Å². The molecule has 1 aliphatic rings. The zero-order chi connectivity index (χ0) is 10.6. The largest absolute Gasteiger partial charge is 0.386 e. The molecular formula is C9H18N2O3. The van der Waals surface area contributed by atoms with Crippen LogP contribution in [-0.4, -0.2) is 61.9 Å². The number of aliphatic hydroxyl groups is 1. The van der Waals surface area contributed by atoms with Crippen LogP contribution in [0.1, 0.15) is 6.42 Å². The summed E-state index contributed by atoms with van der Waals surface area (Å²) >= 11 is 0. The molecule has 1 fully saturated rings. The maximum atomic E-state index is 11.4. The first-order valence-corrected chi connectivity index (χ1v) is 4.74. The maximum absolute atomic E-state index is 11.4. The lowest BCUT2D eigenvalue weighted by Gasteiger charge is -2.26. The van der Waals surface area contributed by atoms with Crippen LogP contribution in [-0.2, 0) is 9.53 Å². The Morgan fingerprint density at radius 3 is 3.00 bits per heavy atom. The molecule has 0 radical (unpaired) electrons. The fraction of sp³-hybridized carbons (Fsp3) is 0.889. The lowest BCUT2D eigenvalue weighted by molar-refractivity contribution is -0.135. The van der Waals surface area contributed by atoms with E-state index in [9.17, 15) is 9.90 Å². The van der Waals surface area contributed by atoms with Crippen molar-refractivity contribution >= 4 is 5.91 Å². The molecule has 82 valence electrons. The van der Waals surface area contributed by atoms with E-state index in [1.165, 1.54) is 4.90 Å². The first-order valence-electron chi connectivity index (χ1n) is 4.74. The van der Waals surface area contributed by atoms with Crippen molar-refractivity contribution in [2.45, 2.75) is 12.0 Å². The van der Waals surface area contributed by atoms with Gasteiger partial charge in [0.1, 0.15) is 5.60 Å². The van der Waals surface area contributed by atoms with Gasteiger partial charge in [0, 0.05) is 27.2 Å². The molecule has 0 aromatic carbocycles. The van der Waals surface area contributed by atoms with Gasteiger partial charge in [-0.15, -0.1) is 0 Å². The van der Waals surface area contributed by atoms with Crippen LogP contribution in [0.15, 0.2) is 0 Å². The third-order valence-electron chi connectivity index (χ3n) is 2.23. The van der Waals surface area contributed by atoms with Crippen molar-refractivity contribution in [3.8, 4) is 0 Å². The molecular weight excluding hydrogens is 184 g/mol. The topological polar surface area (TPSA) is 61.8 Å². The minimum atomic E-state index is -1.06. The van der Waals surface area contributed by atoms with Gasteiger partial charge in [-0.05, 0) is 0 Å². The standard InChI is InChI=1S/C9H18N2O3/c1-11(2)8(12)5-9(13)6-10-3-4-14-7-9/h10,13H,3-7H2,1-2H3.